The van der Waals surface area contributed by atoms with E-state index in [9.17, 15) is 9.59 Å². The molecule has 0 spiro atoms. The Hall–Kier alpha value is -1.75. The molecule has 0 aromatic heterocycles. The Balaban J connectivity index is 2.56. The van der Waals surface area contributed by atoms with E-state index in [-0.39, 0.29) is 0 Å². The van der Waals surface area contributed by atoms with Crippen molar-refractivity contribution in [1.29, 1.82) is 0 Å². The maximum atomic E-state index is 11.6. The molecule has 0 fully saturated rings. The molecule has 0 radical (unpaired) electrons. The van der Waals surface area contributed by atoms with Crippen molar-refractivity contribution in [2.75, 3.05) is 19.0 Å². The number of halogens is 1. The van der Waals surface area contributed by atoms with Gasteiger partial charge in [-0.2, -0.15) is 0 Å². The van der Waals surface area contributed by atoms with Crippen molar-refractivity contribution >= 4 is 29.1 Å². The lowest BCUT2D eigenvalue weighted by atomic mass is 10.3. The van der Waals surface area contributed by atoms with Crippen molar-refractivity contribution in [1.82, 2.24) is 5.32 Å². The molecule has 2 N–H and O–H groups in total. The van der Waals surface area contributed by atoms with E-state index in [0.717, 1.165) is 12.8 Å². The van der Waals surface area contributed by atoms with Crippen LogP contribution in [-0.4, -0.2) is 25.5 Å². The lowest BCUT2D eigenvalue weighted by Crippen LogP contribution is -2.35. The second-order valence-corrected chi connectivity index (χ2v) is 4.32. The summed E-state index contributed by atoms with van der Waals surface area (Å²) < 4.78 is 4.99. The summed E-state index contributed by atoms with van der Waals surface area (Å²) >= 11 is 5.92. The molecule has 0 heterocycles. The maximum absolute atomic E-state index is 11.6. The molecule has 6 heteroatoms. The highest BCUT2D eigenvalue weighted by molar-refractivity contribution is 6.40. The van der Waals surface area contributed by atoms with E-state index in [4.69, 9.17) is 16.3 Å². The van der Waals surface area contributed by atoms with E-state index in [0.29, 0.717) is 23.0 Å². The summed E-state index contributed by atoms with van der Waals surface area (Å²) in [6, 6.07) is 4.76. The van der Waals surface area contributed by atoms with E-state index < -0.39 is 11.8 Å². The van der Waals surface area contributed by atoms with Gasteiger partial charge in [-0.3, -0.25) is 9.59 Å². The predicted molar refractivity (Wildman–Crippen MR) is 74.6 cm³/mol. The highest BCUT2D eigenvalue weighted by Gasteiger charge is 2.13. The van der Waals surface area contributed by atoms with Gasteiger partial charge in [-0.15, -0.1) is 0 Å². The smallest absolute Gasteiger partial charge is 0.313 e. The number of nitrogens with one attached hydrogen (secondary N) is 2. The minimum Gasteiger partial charge on any atom is -0.495 e. The third kappa shape index (κ3) is 4.79. The lowest BCUT2D eigenvalue weighted by Gasteiger charge is -2.08. The number of methoxy groups -OCH3 is 1. The predicted octanol–water partition coefficient (Wildman–Crippen LogP) is 2.20. The molecule has 1 aromatic carbocycles. The molecule has 1 aromatic rings. The van der Waals surface area contributed by atoms with Gasteiger partial charge in [0.2, 0.25) is 0 Å². The molecule has 0 aliphatic heterocycles. The molecule has 19 heavy (non-hydrogen) atoms. The summed E-state index contributed by atoms with van der Waals surface area (Å²) in [5, 5.41) is 5.37. The summed E-state index contributed by atoms with van der Waals surface area (Å²) in [4.78, 5) is 23.0. The van der Waals surface area contributed by atoms with Crippen LogP contribution in [0.15, 0.2) is 18.2 Å². The number of hydrogen-bond donors (Lipinski definition) is 2. The van der Waals surface area contributed by atoms with Crippen LogP contribution in [0.1, 0.15) is 19.8 Å². The quantitative estimate of drug-likeness (QED) is 0.643. The Morgan fingerprint density at radius 1 is 1.32 bits per heavy atom. The zero-order chi connectivity index (χ0) is 14.3. The number of ether oxygens (including phenoxy) is 1. The standard InChI is InChI=1S/C13H17ClN2O3/c1-3-4-7-15-12(17)13(18)16-9-5-6-11(19-2)10(14)8-9/h5-6,8H,3-4,7H2,1-2H3,(H,15,17)(H,16,18). The molecule has 0 unspecified atom stereocenters. The summed E-state index contributed by atoms with van der Waals surface area (Å²) in [7, 11) is 1.50. The first-order valence-corrected chi connectivity index (χ1v) is 6.39. The van der Waals surface area contributed by atoms with Crippen LogP contribution in [-0.2, 0) is 9.59 Å². The summed E-state index contributed by atoms with van der Waals surface area (Å²) in [5.41, 5.74) is 0.446. The number of rotatable bonds is 5. The fraction of sp³-hybridized carbons (Fsp3) is 0.385. The van der Waals surface area contributed by atoms with Gasteiger partial charge in [0.25, 0.3) is 0 Å². The minimum absolute atomic E-state index is 0.367. The van der Waals surface area contributed by atoms with Gasteiger partial charge in [0.15, 0.2) is 0 Å². The number of benzene rings is 1. The van der Waals surface area contributed by atoms with Crippen LogP contribution in [0.3, 0.4) is 0 Å². The summed E-state index contributed by atoms with van der Waals surface area (Å²) in [5.74, 6) is -0.857. The Kier molecular flexibility index (Phi) is 6.15. The molecule has 104 valence electrons. The summed E-state index contributed by atoms with van der Waals surface area (Å²) in [6.07, 6.45) is 1.80. The first-order chi connectivity index (χ1) is 9.08. The van der Waals surface area contributed by atoms with Gasteiger partial charge in [-0.1, -0.05) is 24.9 Å². The average Bonchev–Trinajstić information content (AvgIpc) is 2.39. The van der Waals surface area contributed by atoms with Crippen LogP contribution in [0.4, 0.5) is 5.69 Å². The van der Waals surface area contributed by atoms with Crippen molar-refractivity contribution in [2.24, 2.45) is 0 Å². The molecule has 1 rings (SSSR count). The van der Waals surface area contributed by atoms with Crippen LogP contribution < -0.4 is 15.4 Å². The van der Waals surface area contributed by atoms with Crippen LogP contribution in [0, 0.1) is 0 Å². The third-order valence-corrected chi connectivity index (χ3v) is 2.73. The molecular formula is C13H17ClN2O3. The minimum atomic E-state index is -0.711. The van der Waals surface area contributed by atoms with E-state index in [2.05, 4.69) is 10.6 Å². The summed E-state index contributed by atoms with van der Waals surface area (Å²) in [6.45, 7) is 2.50. The van der Waals surface area contributed by atoms with Gasteiger partial charge in [0.1, 0.15) is 5.75 Å². The maximum Gasteiger partial charge on any atom is 0.313 e. The van der Waals surface area contributed by atoms with Crippen molar-refractivity contribution in [3.8, 4) is 5.75 Å². The van der Waals surface area contributed by atoms with E-state index in [1.54, 1.807) is 12.1 Å². The zero-order valence-electron chi connectivity index (χ0n) is 11.0. The largest absolute Gasteiger partial charge is 0.495 e. The Morgan fingerprint density at radius 2 is 2.05 bits per heavy atom. The normalized spacial score (nSPS) is 9.84. The monoisotopic (exact) mass is 284 g/mol. The van der Waals surface area contributed by atoms with Gasteiger partial charge in [0.05, 0.1) is 12.1 Å². The second kappa shape index (κ2) is 7.63. The van der Waals surface area contributed by atoms with Gasteiger partial charge in [-0.25, -0.2) is 0 Å². The number of unbranched alkanes of at least 4 members (excludes halogenated alkanes) is 1. The van der Waals surface area contributed by atoms with Crippen molar-refractivity contribution in [3.63, 3.8) is 0 Å². The van der Waals surface area contributed by atoms with E-state index >= 15 is 0 Å². The van der Waals surface area contributed by atoms with Crippen LogP contribution in [0.5, 0.6) is 5.75 Å². The van der Waals surface area contributed by atoms with Crippen LogP contribution in [0.25, 0.3) is 0 Å². The van der Waals surface area contributed by atoms with Gasteiger partial charge in [0, 0.05) is 12.2 Å². The molecule has 5 nitrogen and oxygen atoms in total. The number of anilines is 1. The molecule has 0 saturated carbocycles. The highest BCUT2D eigenvalue weighted by Crippen LogP contribution is 2.27. The molecule has 0 aliphatic carbocycles. The first-order valence-electron chi connectivity index (χ1n) is 6.01. The Labute approximate surface area is 117 Å². The molecular weight excluding hydrogens is 268 g/mol. The van der Waals surface area contributed by atoms with Crippen molar-refractivity contribution in [3.05, 3.63) is 23.2 Å². The number of carbonyl (C=O) groups excluding carboxylic acids is 2. The fourth-order valence-corrected chi connectivity index (χ4v) is 1.65. The fourth-order valence-electron chi connectivity index (χ4n) is 1.39. The Bertz CT molecular complexity index is 463. The average molecular weight is 285 g/mol. The SMILES string of the molecule is CCCCNC(=O)C(=O)Nc1ccc(OC)c(Cl)c1. The van der Waals surface area contributed by atoms with Gasteiger partial charge >= 0.3 is 11.8 Å². The van der Waals surface area contributed by atoms with E-state index in [1.807, 2.05) is 6.92 Å². The molecule has 0 aliphatic rings. The number of carbonyl (C=O) groups is 2. The first kappa shape index (κ1) is 15.3. The molecule has 0 saturated heterocycles. The molecule has 0 atom stereocenters. The van der Waals surface area contributed by atoms with E-state index in [1.165, 1.54) is 13.2 Å². The Morgan fingerprint density at radius 3 is 2.63 bits per heavy atom. The van der Waals surface area contributed by atoms with Gasteiger partial charge in [-0.05, 0) is 24.6 Å². The van der Waals surface area contributed by atoms with Crippen LogP contribution in [0.2, 0.25) is 5.02 Å². The van der Waals surface area contributed by atoms with Crippen molar-refractivity contribution in [2.45, 2.75) is 19.8 Å². The second-order valence-electron chi connectivity index (χ2n) is 3.91. The number of amides is 2. The molecule has 0 bridgehead atoms. The zero-order valence-corrected chi connectivity index (χ0v) is 11.7. The van der Waals surface area contributed by atoms with Crippen molar-refractivity contribution < 1.29 is 14.3 Å². The lowest BCUT2D eigenvalue weighted by molar-refractivity contribution is -0.136. The van der Waals surface area contributed by atoms with Gasteiger partial charge < -0.3 is 15.4 Å². The number of hydrogen-bond acceptors (Lipinski definition) is 3. The third-order valence-electron chi connectivity index (χ3n) is 2.43. The highest BCUT2D eigenvalue weighted by atomic mass is 35.5. The molecule has 2 amide bonds. The topological polar surface area (TPSA) is 67.4 Å². The van der Waals surface area contributed by atoms with Crippen LogP contribution >= 0.6 is 11.6 Å².